The van der Waals surface area contributed by atoms with Gasteiger partial charge in [-0.1, -0.05) is 18.6 Å². The van der Waals surface area contributed by atoms with Crippen molar-refractivity contribution in [2.24, 2.45) is 0 Å². The second kappa shape index (κ2) is 6.69. The molecule has 0 unspecified atom stereocenters. The molecule has 1 atom stereocenters. The molecule has 0 N–H and O–H groups in total. The van der Waals surface area contributed by atoms with Gasteiger partial charge in [-0.25, -0.2) is 0 Å². The Morgan fingerprint density at radius 2 is 1.82 bits per heavy atom. The summed E-state index contributed by atoms with van der Waals surface area (Å²) in [6.45, 7) is 4.20. The molecule has 2 fully saturated rings. The fourth-order valence-electron chi connectivity index (χ4n) is 3.72. The van der Waals surface area contributed by atoms with E-state index in [4.69, 9.17) is 0 Å². The number of amides is 1. The number of para-hydroxylation sites is 1. The number of carbonyl (C=O) groups is 1. The van der Waals surface area contributed by atoms with Gasteiger partial charge in [-0.2, -0.15) is 0 Å². The zero-order chi connectivity index (χ0) is 15.5. The number of hydrogen-bond donors (Lipinski definition) is 0. The van der Waals surface area contributed by atoms with Gasteiger partial charge in [0.15, 0.2) is 0 Å². The van der Waals surface area contributed by atoms with Crippen molar-refractivity contribution in [3.63, 3.8) is 0 Å². The Morgan fingerprint density at radius 3 is 2.55 bits per heavy atom. The van der Waals surface area contributed by atoms with Gasteiger partial charge in [0.25, 0.3) is 5.91 Å². The fourth-order valence-corrected chi connectivity index (χ4v) is 3.72. The summed E-state index contributed by atoms with van der Waals surface area (Å²) in [5.74, 6) is 0.184. The lowest BCUT2D eigenvalue weighted by Crippen LogP contribution is -2.41. The van der Waals surface area contributed by atoms with Crippen molar-refractivity contribution in [3.05, 3.63) is 29.8 Å². The van der Waals surface area contributed by atoms with Gasteiger partial charge in [-0.05, 0) is 44.5 Å². The Bertz CT molecular complexity index is 523. The zero-order valence-corrected chi connectivity index (χ0v) is 13.8. The average Bonchev–Trinajstić information content (AvgIpc) is 3.05. The SMILES string of the molecule is CN(C)c1ccccc1C(=O)N1CC[C@H](N2CCCCC2)C1. The van der Waals surface area contributed by atoms with Crippen LogP contribution in [0.3, 0.4) is 0 Å². The maximum absolute atomic E-state index is 12.9. The maximum Gasteiger partial charge on any atom is 0.256 e. The summed E-state index contributed by atoms with van der Waals surface area (Å²) < 4.78 is 0. The van der Waals surface area contributed by atoms with Crippen LogP contribution in [0.4, 0.5) is 5.69 Å². The summed E-state index contributed by atoms with van der Waals surface area (Å²) in [6.07, 6.45) is 5.11. The van der Waals surface area contributed by atoms with Crippen molar-refractivity contribution in [3.8, 4) is 0 Å². The van der Waals surface area contributed by atoms with Crippen molar-refractivity contribution in [1.82, 2.24) is 9.80 Å². The lowest BCUT2D eigenvalue weighted by Gasteiger charge is -2.32. The van der Waals surface area contributed by atoms with Crippen molar-refractivity contribution in [2.75, 3.05) is 45.2 Å². The Balaban J connectivity index is 1.69. The monoisotopic (exact) mass is 301 g/mol. The van der Waals surface area contributed by atoms with Crippen molar-refractivity contribution < 1.29 is 4.79 Å². The van der Waals surface area contributed by atoms with Gasteiger partial charge >= 0.3 is 0 Å². The molecule has 1 amide bonds. The molecule has 2 saturated heterocycles. The number of carbonyl (C=O) groups excluding carboxylic acids is 1. The molecular weight excluding hydrogens is 274 g/mol. The number of benzene rings is 1. The second-order valence-corrected chi connectivity index (χ2v) is 6.70. The van der Waals surface area contributed by atoms with Crippen molar-refractivity contribution in [1.29, 1.82) is 0 Å². The number of piperidine rings is 1. The molecule has 2 aliphatic rings. The summed E-state index contributed by atoms with van der Waals surface area (Å²) in [7, 11) is 3.99. The first-order valence-corrected chi connectivity index (χ1v) is 8.46. The van der Waals surface area contributed by atoms with Crippen LogP contribution >= 0.6 is 0 Å². The van der Waals surface area contributed by atoms with Crippen molar-refractivity contribution in [2.45, 2.75) is 31.7 Å². The van der Waals surface area contributed by atoms with Crippen LogP contribution in [0.1, 0.15) is 36.0 Å². The standard InChI is InChI=1S/C18H27N3O/c1-19(2)17-9-5-4-8-16(17)18(22)21-13-10-15(14-21)20-11-6-3-7-12-20/h4-5,8-9,15H,3,6-7,10-14H2,1-2H3/t15-/m0/s1. The Hall–Kier alpha value is -1.55. The van der Waals surface area contributed by atoms with Gasteiger partial charge in [0.05, 0.1) is 5.56 Å². The number of rotatable bonds is 3. The quantitative estimate of drug-likeness (QED) is 0.858. The molecule has 1 aromatic rings. The van der Waals surface area contributed by atoms with E-state index in [0.717, 1.165) is 30.8 Å². The third kappa shape index (κ3) is 3.12. The highest BCUT2D eigenvalue weighted by Gasteiger charge is 2.32. The molecule has 0 aromatic heterocycles. The molecule has 3 rings (SSSR count). The van der Waals surface area contributed by atoms with Crippen LogP contribution in [-0.2, 0) is 0 Å². The molecule has 0 aliphatic carbocycles. The number of hydrogen-bond acceptors (Lipinski definition) is 3. The van der Waals surface area contributed by atoms with Gasteiger partial charge in [-0.3, -0.25) is 9.69 Å². The van der Waals surface area contributed by atoms with Crippen LogP contribution in [0.5, 0.6) is 0 Å². The van der Waals surface area contributed by atoms with Crippen LogP contribution in [0.2, 0.25) is 0 Å². The highest BCUT2D eigenvalue weighted by molar-refractivity contribution is 5.99. The number of anilines is 1. The normalized spacial score (nSPS) is 22.8. The number of nitrogens with zero attached hydrogens (tertiary/aromatic N) is 3. The second-order valence-electron chi connectivity index (χ2n) is 6.70. The van der Waals surface area contributed by atoms with E-state index in [9.17, 15) is 4.79 Å². The predicted octanol–water partition coefficient (Wildman–Crippen LogP) is 2.45. The van der Waals surface area contributed by atoms with Gasteiger partial charge in [0.1, 0.15) is 0 Å². The van der Waals surface area contributed by atoms with Gasteiger partial charge in [-0.15, -0.1) is 0 Å². The van der Waals surface area contributed by atoms with Crippen molar-refractivity contribution >= 4 is 11.6 Å². The highest BCUT2D eigenvalue weighted by atomic mass is 16.2. The summed E-state index contributed by atoms with van der Waals surface area (Å²) in [6, 6.07) is 8.48. The first-order chi connectivity index (χ1) is 10.7. The molecule has 2 heterocycles. The largest absolute Gasteiger partial charge is 0.377 e. The average molecular weight is 301 g/mol. The molecule has 1 aromatic carbocycles. The molecular formula is C18H27N3O. The minimum atomic E-state index is 0.184. The number of likely N-dealkylation sites (tertiary alicyclic amines) is 2. The van der Waals surface area contributed by atoms with E-state index in [1.807, 2.05) is 48.2 Å². The minimum absolute atomic E-state index is 0.184. The van der Waals surface area contributed by atoms with E-state index in [1.165, 1.54) is 32.4 Å². The summed E-state index contributed by atoms with van der Waals surface area (Å²) in [5, 5.41) is 0. The summed E-state index contributed by atoms with van der Waals surface area (Å²) >= 11 is 0. The van der Waals surface area contributed by atoms with Gasteiger partial charge in [0.2, 0.25) is 0 Å². The van der Waals surface area contributed by atoms with Crippen LogP contribution in [0, 0.1) is 0 Å². The van der Waals surface area contributed by atoms with E-state index in [-0.39, 0.29) is 5.91 Å². The summed E-state index contributed by atoms with van der Waals surface area (Å²) in [5.41, 5.74) is 1.83. The molecule has 0 saturated carbocycles. The zero-order valence-electron chi connectivity index (χ0n) is 13.8. The van der Waals surface area contributed by atoms with Gasteiger partial charge in [0, 0.05) is 38.9 Å². The van der Waals surface area contributed by atoms with Crippen LogP contribution < -0.4 is 4.90 Å². The Labute approximate surface area is 133 Å². The first kappa shape index (κ1) is 15.3. The Kier molecular flexibility index (Phi) is 4.67. The van der Waals surface area contributed by atoms with Crippen LogP contribution in [0.25, 0.3) is 0 Å². The lowest BCUT2D eigenvalue weighted by atomic mass is 10.1. The molecule has 2 aliphatic heterocycles. The van der Waals surface area contributed by atoms with E-state index >= 15 is 0 Å². The summed E-state index contributed by atoms with van der Waals surface area (Å²) in [4.78, 5) is 19.5. The predicted molar refractivity (Wildman–Crippen MR) is 90.5 cm³/mol. The lowest BCUT2D eigenvalue weighted by molar-refractivity contribution is 0.0772. The fraction of sp³-hybridized carbons (Fsp3) is 0.611. The van der Waals surface area contributed by atoms with E-state index < -0.39 is 0 Å². The molecule has 4 nitrogen and oxygen atoms in total. The van der Waals surface area contributed by atoms with Crippen LogP contribution in [0.15, 0.2) is 24.3 Å². The molecule has 22 heavy (non-hydrogen) atoms. The molecule has 120 valence electrons. The smallest absolute Gasteiger partial charge is 0.256 e. The van der Waals surface area contributed by atoms with E-state index in [1.54, 1.807) is 0 Å². The molecule has 4 heteroatoms. The first-order valence-electron chi connectivity index (χ1n) is 8.46. The molecule has 0 radical (unpaired) electrons. The Morgan fingerprint density at radius 1 is 1.09 bits per heavy atom. The van der Waals surface area contributed by atoms with Gasteiger partial charge < -0.3 is 9.80 Å². The minimum Gasteiger partial charge on any atom is -0.377 e. The van der Waals surface area contributed by atoms with E-state index in [2.05, 4.69) is 4.90 Å². The van der Waals surface area contributed by atoms with E-state index in [0.29, 0.717) is 6.04 Å². The van der Waals surface area contributed by atoms with Crippen LogP contribution in [-0.4, -0.2) is 62.0 Å². The third-order valence-corrected chi connectivity index (χ3v) is 4.97. The highest BCUT2D eigenvalue weighted by Crippen LogP contribution is 2.25. The third-order valence-electron chi connectivity index (χ3n) is 4.97. The topological polar surface area (TPSA) is 26.8 Å². The molecule has 0 bridgehead atoms. The maximum atomic E-state index is 12.9. The molecule has 0 spiro atoms.